The van der Waals surface area contributed by atoms with Crippen LogP contribution in [-0.4, -0.2) is 49.2 Å². The molecule has 0 aromatic rings. The molecule has 4 nitrogen and oxygen atoms in total. The van der Waals surface area contributed by atoms with E-state index in [1.807, 2.05) is 11.8 Å². The van der Waals surface area contributed by atoms with E-state index in [0.29, 0.717) is 19.3 Å². The van der Waals surface area contributed by atoms with Crippen LogP contribution in [0.1, 0.15) is 39.5 Å². The number of nitrogens with one attached hydrogen (secondary N) is 1. The Bertz CT molecular complexity index is 269. The van der Waals surface area contributed by atoms with Gasteiger partial charge in [0.2, 0.25) is 5.91 Å². The van der Waals surface area contributed by atoms with Gasteiger partial charge in [-0.05, 0) is 38.5 Å². The maximum atomic E-state index is 12.2. The van der Waals surface area contributed by atoms with Gasteiger partial charge in [-0.3, -0.25) is 4.79 Å². The smallest absolute Gasteiger partial charge is 0.239 e. The predicted molar refractivity (Wildman–Crippen MR) is 71.4 cm³/mol. The van der Waals surface area contributed by atoms with Crippen LogP contribution in [0.5, 0.6) is 0 Å². The Kier molecular flexibility index (Phi) is 5.01. The second kappa shape index (κ2) is 6.53. The second-order valence-electron chi connectivity index (χ2n) is 5.78. The van der Waals surface area contributed by atoms with Gasteiger partial charge in [0.15, 0.2) is 0 Å². The SMILES string of the molecule is CC1CCC(NC(C)C(=O)N2CCOCC2)CC1. The summed E-state index contributed by atoms with van der Waals surface area (Å²) in [5.41, 5.74) is 0. The molecule has 0 spiro atoms. The highest BCUT2D eigenvalue weighted by Gasteiger charge is 2.26. The monoisotopic (exact) mass is 254 g/mol. The molecule has 18 heavy (non-hydrogen) atoms. The zero-order valence-corrected chi connectivity index (χ0v) is 11.7. The largest absolute Gasteiger partial charge is 0.378 e. The maximum Gasteiger partial charge on any atom is 0.239 e. The number of nitrogens with zero attached hydrogens (tertiary/aromatic N) is 1. The summed E-state index contributed by atoms with van der Waals surface area (Å²) in [5, 5.41) is 3.50. The molecule has 1 aliphatic heterocycles. The summed E-state index contributed by atoms with van der Waals surface area (Å²) in [5.74, 6) is 1.09. The lowest BCUT2D eigenvalue weighted by Gasteiger charge is -2.33. The van der Waals surface area contributed by atoms with Crippen molar-refractivity contribution in [2.45, 2.75) is 51.6 Å². The molecule has 104 valence electrons. The Labute approximate surface area is 110 Å². The highest BCUT2D eigenvalue weighted by atomic mass is 16.5. The van der Waals surface area contributed by atoms with Gasteiger partial charge in [0.05, 0.1) is 19.3 Å². The third kappa shape index (κ3) is 3.69. The van der Waals surface area contributed by atoms with E-state index >= 15 is 0 Å². The quantitative estimate of drug-likeness (QED) is 0.828. The van der Waals surface area contributed by atoms with Gasteiger partial charge in [0.1, 0.15) is 0 Å². The van der Waals surface area contributed by atoms with Crippen molar-refractivity contribution in [1.29, 1.82) is 0 Å². The lowest BCUT2D eigenvalue weighted by molar-refractivity contribution is -0.137. The lowest BCUT2D eigenvalue weighted by Crippen LogP contribution is -2.51. The van der Waals surface area contributed by atoms with Crippen LogP contribution in [0.15, 0.2) is 0 Å². The first-order valence-corrected chi connectivity index (χ1v) is 7.29. The van der Waals surface area contributed by atoms with Crippen molar-refractivity contribution in [2.24, 2.45) is 5.92 Å². The van der Waals surface area contributed by atoms with E-state index in [1.165, 1.54) is 25.7 Å². The first kappa shape index (κ1) is 13.8. The molecule has 0 radical (unpaired) electrons. The molecule has 2 rings (SSSR count). The summed E-state index contributed by atoms with van der Waals surface area (Å²) >= 11 is 0. The van der Waals surface area contributed by atoms with Crippen LogP contribution in [0.2, 0.25) is 0 Å². The Morgan fingerprint density at radius 1 is 1.22 bits per heavy atom. The standard InChI is InChI=1S/C14H26N2O2/c1-11-3-5-13(6-4-11)15-12(2)14(17)16-7-9-18-10-8-16/h11-13,15H,3-10H2,1-2H3. The van der Waals surface area contributed by atoms with Gasteiger partial charge in [0.25, 0.3) is 0 Å². The van der Waals surface area contributed by atoms with Gasteiger partial charge >= 0.3 is 0 Å². The van der Waals surface area contributed by atoms with Crippen molar-refractivity contribution >= 4 is 5.91 Å². The van der Waals surface area contributed by atoms with Crippen LogP contribution in [0.4, 0.5) is 0 Å². The molecule has 0 bridgehead atoms. The molecule has 2 aliphatic rings. The average Bonchev–Trinajstić information content (AvgIpc) is 2.41. The molecule has 1 saturated heterocycles. The van der Waals surface area contributed by atoms with E-state index in [0.717, 1.165) is 19.0 Å². The third-order valence-electron chi connectivity index (χ3n) is 4.19. The van der Waals surface area contributed by atoms with E-state index < -0.39 is 0 Å². The fourth-order valence-electron chi connectivity index (χ4n) is 2.91. The van der Waals surface area contributed by atoms with Crippen LogP contribution >= 0.6 is 0 Å². The van der Waals surface area contributed by atoms with Crippen LogP contribution in [0.3, 0.4) is 0 Å². The van der Waals surface area contributed by atoms with E-state index in [1.54, 1.807) is 0 Å². The number of hydrogen-bond acceptors (Lipinski definition) is 3. The Morgan fingerprint density at radius 3 is 2.44 bits per heavy atom. The summed E-state index contributed by atoms with van der Waals surface area (Å²) in [4.78, 5) is 14.2. The van der Waals surface area contributed by atoms with Gasteiger partial charge in [-0.25, -0.2) is 0 Å². The molecule has 4 heteroatoms. The predicted octanol–water partition coefficient (Wildman–Crippen LogP) is 1.40. The summed E-state index contributed by atoms with van der Waals surface area (Å²) in [6, 6.07) is 0.475. The van der Waals surface area contributed by atoms with Crippen molar-refractivity contribution in [3.8, 4) is 0 Å². The first-order chi connectivity index (χ1) is 8.66. The highest BCUT2D eigenvalue weighted by Crippen LogP contribution is 2.23. The minimum Gasteiger partial charge on any atom is -0.378 e. The molecule has 1 heterocycles. The van der Waals surface area contributed by atoms with Crippen molar-refractivity contribution in [1.82, 2.24) is 10.2 Å². The zero-order chi connectivity index (χ0) is 13.0. The van der Waals surface area contributed by atoms with Crippen molar-refractivity contribution in [3.63, 3.8) is 0 Å². The molecule has 1 saturated carbocycles. The molecule has 1 aliphatic carbocycles. The molecule has 1 amide bonds. The number of carbonyl (C=O) groups excluding carboxylic acids is 1. The van der Waals surface area contributed by atoms with Gasteiger partial charge in [-0.15, -0.1) is 0 Å². The Balaban J connectivity index is 1.76. The maximum absolute atomic E-state index is 12.2. The third-order valence-corrected chi connectivity index (χ3v) is 4.19. The van der Waals surface area contributed by atoms with E-state index in [-0.39, 0.29) is 11.9 Å². The van der Waals surface area contributed by atoms with Gasteiger partial charge in [-0.2, -0.15) is 0 Å². The molecular formula is C14H26N2O2. The number of hydrogen-bond donors (Lipinski definition) is 1. The number of ether oxygens (including phenoxy) is 1. The van der Waals surface area contributed by atoms with Crippen molar-refractivity contribution in [2.75, 3.05) is 26.3 Å². The van der Waals surface area contributed by atoms with Crippen LogP contribution in [0.25, 0.3) is 0 Å². The summed E-state index contributed by atoms with van der Waals surface area (Å²) in [7, 11) is 0. The molecule has 0 aromatic carbocycles. The molecular weight excluding hydrogens is 228 g/mol. The average molecular weight is 254 g/mol. The van der Waals surface area contributed by atoms with E-state index in [2.05, 4.69) is 12.2 Å². The fourth-order valence-corrected chi connectivity index (χ4v) is 2.91. The normalized spacial score (nSPS) is 31.1. The van der Waals surface area contributed by atoms with Gasteiger partial charge in [-0.1, -0.05) is 6.92 Å². The molecule has 1 atom stereocenters. The van der Waals surface area contributed by atoms with E-state index in [9.17, 15) is 4.79 Å². The molecule has 1 unspecified atom stereocenters. The summed E-state index contributed by atoms with van der Waals surface area (Å²) in [6.45, 7) is 7.16. The topological polar surface area (TPSA) is 41.6 Å². The first-order valence-electron chi connectivity index (χ1n) is 7.29. The lowest BCUT2D eigenvalue weighted by atomic mass is 9.87. The van der Waals surface area contributed by atoms with Gasteiger partial charge < -0.3 is 15.0 Å². The van der Waals surface area contributed by atoms with Crippen LogP contribution in [0, 0.1) is 5.92 Å². The minimum atomic E-state index is -0.0542. The number of morpholine rings is 1. The van der Waals surface area contributed by atoms with E-state index in [4.69, 9.17) is 4.74 Å². The van der Waals surface area contributed by atoms with Crippen molar-refractivity contribution in [3.05, 3.63) is 0 Å². The van der Waals surface area contributed by atoms with Crippen molar-refractivity contribution < 1.29 is 9.53 Å². The van der Waals surface area contributed by atoms with Crippen LogP contribution < -0.4 is 5.32 Å². The van der Waals surface area contributed by atoms with Gasteiger partial charge in [0, 0.05) is 19.1 Å². The molecule has 0 aromatic heterocycles. The molecule has 2 fully saturated rings. The number of rotatable bonds is 3. The highest BCUT2D eigenvalue weighted by molar-refractivity contribution is 5.81. The zero-order valence-electron chi connectivity index (χ0n) is 11.7. The molecule has 1 N–H and O–H groups in total. The summed E-state index contributed by atoms with van der Waals surface area (Å²) in [6.07, 6.45) is 5.00. The fraction of sp³-hybridized carbons (Fsp3) is 0.929. The summed E-state index contributed by atoms with van der Waals surface area (Å²) < 4.78 is 5.28. The number of amides is 1. The minimum absolute atomic E-state index is 0.0542. The van der Waals surface area contributed by atoms with Crippen LogP contribution in [-0.2, 0) is 9.53 Å². The Morgan fingerprint density at radius 2 is 1.83 bits per heavy atom. The second-order valence-corrected chi connectivity index (χ2v) is 5.78. The number of carbonyl (C=O) groups is 1. The Hall–Kier alpha value is -0.610.